The van der Waals surface area contributed by atoms with Gasteiger partial charge < -0.3 is 4.90 Å². The van der Waals surface area contributed by atoms with E-state index in [2.05, 4.69) is 16.0 Å². The number of nitrogens with zero attached hydrogens (tertiary/aromatic N) is 3. The summed E-state index contributed by atoms with van der Waals surface area (Å²) < 4.78 is 0. The van der Waals surface area contributed by atoms with E-state index in [0.717, 1.165) is 42.5 Å². The van der Waals surface area contributed by atoms with Gasteiger partial charge >= 0.3 is 0 Å². The Morgan fingerprint density at radius 3 is 2.65 bits per heavy atom. The second-order valence-electron chi connectivity index (χ2n) is 5.79. The normalized spacial score (nSPS) is 14.3. The van der Waals surface area contributed by atoms with Crippen LogP contribution in [0.4, 0.5) is 5.69 Å². The Balaban J connectivity index is 1.75. The summed E-state index contributed by atoms with van der Waals surface area (Å²) in [6.07, 6.45) is 4.70. The fourth-order valence-electron chi connectivity index (χ4n) is 3.10. The Morgan fingerprint density at radius 1 is 0.957 bits per heavy atom. The fraction of sp³-hybridized carbons (Fsp3) is 0.211. The third kappa shape index (κ3) is 2.57. The molecule has 3 aromatic rings. The molecule has 1 aliphatic heterocycles. The Bertz CT molecular complexity index is 875. The Hall–Kier alpha value is -2.75. The lowest BCUT2D eigenvalue weighted by Crippen LogP contribution is -2.32. The highest BCUT2D eigenvalue weighted by atomic mass is 16.2. The van der Waals surface area contributed by atoms with E-state index in [1.807, 2.05) is 47.4 Å². The van der Waals surface area contributed by atoms with Gasteiger partial charge in [-0.05, 0) is 43.0 Å². The molecule has 114 valence electrons. The first-order valence-electron chi connectivity index (χ1n) is 7.94. The third-order valence-corrected chi connectivity index (χ3v) is 4.27. The summed E-state index contributed by atoms with van der Waals surface area (Å²) in [5.41, 5.74) is 4.19. The van der Waals surface area contributed by atoms with Gasteiger partial charge in [-0.3, -0.25) is 9.78 Å². The van der Waals surface area contributed by atoms with Crippen molar-refractivity contribution in [2.24, 2.45) is 0 Å². The van der Waals surface area contributed by atoms with Crippen LogP contribution in [-0.4, -0.2) is 22.4 Å². The van der Waals surface area contributed by atoms with Gasteiger partial charge in [0.1, 0.15) is 5.69 Å². The number of hydrogen-bond donors (Lipinski definition) is 0. The summed E-state index contributed by atoms with van der Waals surface area (Å²) in [5.74, 6) is -0.0717. The molecule has 23 heavy (non-hydrogen) atoms. The number of aryl methyl sites for hydroxylation is 1. The Labute approximate surface area is 134 Å². The van der Waals surface area contributed by atoms with Crippen LogP contribution in [-0.2, 0) is 6.42 Å². The maximum absolute atomic E-state index is 13.0. The van der Waals surface area contributed by atoms with Crippen LogP contribution in [0.15, 0.2) is 54.7 Å². The molecule has 0 atom stereocenters. The summed E-state index contributed by atoms with van der Waals surface area (Å²) in [6, 6.07) is 15.8. The van der Waals surface area contributed by atoms with Gasteiger partial charge in [-0.15, -0.1) is 0 Å². The number of anilines is 1. The number of carbonyl (C=O) groups is 1. The number of amides is 1. The molecule has 0 unspecified atom stereocenters. The Kier molecular flexibility index (Phi) is 3.50. The van der Waals surface area contributed by atoms with Crippen LogP contribution >= 0.6 is 0 Å². The van der Waals surface area contributed by atoms with Crippen molar-refractivity contribution in [3.8, 4) is 0 Å². The minimum atomic E-state index is -0.0717. The molecule has 4 nitrogen and oxygen atoms in total. The number of hydrogen-bond acceptors (Lipinski definition) is 3. The summed E-state index contributed by atoms with van der Waals surface area (Å²) in [7, 11) is 0. The molecule has 1 aliphatic rings. The zero-order valence-electron chi connectivity index (χ0n) is 12.8. The van der Waals surface area contributed by atoms with Gasteiger partial charge in [0.2, 0.25) is 0 Å². The number of benzene rings is 2. The van der Waals surface area contributed by atoms with Crippen molar-refractivity contribution in [2.75, 3.05) is 11.4 Å². The summed E-state index contributed by atoms with van der Waals surface area (Å²) >= 11 is 0. The molecule has 0 bridgehead atoms. The van der Waals surface area contributed by atoms with Crippen LogP contribution in [0.1, 0.15) is 28.9 Å². The number of para-hydroxylation sites is 3. The molecule has 0 spiro atoms. The van der Waals surface area contributed by atoms with Gasteiger partial charge in [-0.2, -0.15) is 0 Å². The third-order valence-electron chi connectivity index (χ3n) is 4.27. The predicted molar refractivity (Wildman–Crippen MR) is 90.6 cm³/mol. The number of rotatable bonds is 1. The largest absolute Gasteiger partial charge is 0.307 e. The van der Waals surface area contributed by atoms with Crippen molar-refractivity contribution in [1.29, 1.82) is 0 Å². The SMILES string of the molecule is O=C(c1cnc2ccccc2n1)N1CCCCc2ccccc21. The molecule has 4 rings (SSSR count). The van der Waals surface area contributed by atoms with Crippen LogP contribution in [0, 0.1) is 0 Å². The molecular formula is C19H17N3O. The highest BCUT2D eigenvalue weighted by Gasteiger charge is 2.23. The molecule has 0 saturated heterocycles. The van der Waals surface area contributed by atoms with Gasteiger partial charge in [-0.25, -0.2) is 4.98 Å². The van der Waals surface area contributed by atoms with Gasteiger partial charge in [0.05, 0.1) is 17.2 Å². The molecule has 2 aromatic carbocycles. The van der Waals surface area contributed by atoms with E-state index in [4.69, 9.17) is 0 Å². The van der Waals surface area contributed by atoms with Crippen molar-refractivity contribution < 1.29 is 4.79 Å². The quantitative estimate of drug-likeness (QED) is 0.690. The molecule has 0 saturated carbocycles. The lowest BCUT2D eigenvalue weighted by Gasteiger charge is -2.22. The molecule has 4 heteroatoms. The second-order valence-corrected chi connectivity index (χ2v) is 5.79. The molecule has 1 amide bonds. The highest BCUT2D eigenvalue weighted by Crippen LogP contribution is 2.27. The van der Waals surface area contributed by atoms with E-state index in [0.29, 0.717) is 5.69 Å². The van der Waals surface area contributed by atoms with E-state index in [-0.39, 0.29) is 5.91 Å². The van der Waals surface area contributed by atoms with Crippen molar-refractivity contribution in [3.63, 3.8) is 0 Å². The molecule has 1 aromatic heterocycles. The van der Waals surface area contributed by atoms with Crippen LogP contribution in [0.2, 0.25) is 0 Å². The topological polar surface area (TPSA) is 46.1 Å². The second kappa shape index (κ2) is 5.80. The van der Waals surface area contributed by atoms with Gasteiger partial charge in [0.25, 0.3) is 5.91 Å². The molecule has 0 radical (unpaired) electrons. The Morgan fingerprint density at radius 2 is 1.74 bits per heavy atom. The molecule has 0 fully saturated rings. The first-order valence-corrected chi connectivity index (χ1v) is 7.94. The van der Waals surface area contributed by atoms with E-state index >= 15 is 0 Å². The minimum Gasteiger partial charge on any atom is -0.307 e. The average Bonchev–Trinajstić information content (AvgIpc) is 2.83. The highest BCUT2D eigenvalue weighted by molar-refractivity contribution is 6.05. The predicted octanol–water partition coefficient (Wildman–Crippen LogP) is 3.61. The van der Waals surface area contributed by atoms with Gasteiger partial charge in [0.15, 0.2) is 0 Å². The first-order chi connectivity index (χ1) is 11.3. The molecule has 0 aliphatic carbocycles. The van der Waals surface area contributed by atoms with Crippen molar-refractivity contribution in [2.45, 2.75) is 19.3 Å². The average molecular weight is 303 g/mol. The van der Waals surface area contributed by atoms with Crippen LogP contribution in [0.25, 0.3) is 11.0 Å². The van der Waals surface area contributed by atoms with Crippen molar-refractivity contribution in [1.82, 2.24) is 9.97 Å². The van der Waals surface area contributed by atoms with E-state index in [1.54, 1.807) is 6.20 Å². The van der Waals surface area contributed by atoms with Gasteiger partial charge in [0, 0.05) is 12.2 Å². The van der Waals surface area contributed by atoms with Crippen molar-refractivity contribution >= 4 is 22.6 Å². The van der Waals surface area contributed by atoms with E-state index in [1.165, 1.54) is 5.56 Å². The van der Waals surface area contributed by atoms with Gasteiger partial charge in [-0.1, -0.05) is 30.3 Å². The van der Waals surface area contributed by atoms with Crippen molar-refractivity contribution in [3.05, 3.63) is 66.0 Å². The monoisotopic (exact) mass is 303 g/mol. The fourth-order valence-corrected chi connectivity index (χ4v) is 3.10. The van der Waals surface area contributed by atoms with Crippen LogP contribution in [0.5, 0.6) is 0 Å². The maximum atomic E-state index is 13.0. The zero-order valence-corrected chi connectivity index (χ0v) is 12.8. The molecule has 0 N–H and O–H groups in total. The minimum absolute atomic E-state index is 0.0717. The number of carbonyl (C=O) groups excluding carboxylic acids is 1. The zero-order chi connectivity index (χ0) is 15.6. The lowest BCUT2D eigenvalue weighted by molar-refractivity contribution is 0.0982. The number of aromatic nitrogens is 2. The van der Waals surface area contributed by atoms with E-state index < -0.39 is 0 Å². The molecule has 2 heterocycles. The lowest BCUT2D eigenvalue weighted by atomic mass is 10.1. The summed E-state index contributed by atoms with van der Waals surface area (Å²) in [5, 5.41) is 0. The van der Waals surface area contributed by atoms with E-state index in [9.17, 15) is 4.79 Å². The first kappa shape index (κ1) is 13.9. The van der Waals surface area contributed by atoms with Crippen LogP contribution < -0.4 is 4.90 Å². The number of fused-ring (bicyclic) bond motifs is 2. The molecular weight excluding hydrogens is 286 g/mol. The summed E-state index contributed by atoms with van der Waals surface area (Å²) in [4.78, 5) is 23.7. The summed E-state index contributed by atoms with van der Waals surface area (Å²) in [6.45, 7) is 0.727. The maximum Gasteiger partial charge on any atom is 0.278 e. The standard InChI is InChI=1S/C19H17N3O/c23-19(17-13-20-15-9-2-3-10-16(15)21-17)22-12-6-5-8-14-7-1-4-11-18(14)22/h1-4,7,9-11,13H,5-6,8,12H2. The smallest absolute Gasteiger partial charge is 0.278 e. The van der Waals surface area contributed by atoms with Crippen LogP contribution in [0.3, 0.4) is 0 Å².